The van der Waals surface area contributed by atoms with Gasteiger partial charge in [0, 0.05) is 24.7 Å². The van der Waals surface area contributed by atoms with Crippen LogP contribution in [0.3, 0.4) is 0 Å². The molecule has 4 heterocycles. The van der Waals surface area contributed by atoms with E-state index in [2.05, 4.69) is 13.8 Å². The summed E-state index contributed by atoms with van der Waals surface area (Å²) in [5.74, 6) is -1.02. The van der Waals surface area contributed by atoms with Crippen LogP contribution in [-0.4, -0.2) is 36.2 Å². The number of carbonyl (C=O) groups excluding carboxylic acids is 2. The lowest BCUT2D eigenvalue weighted by Crippen LogP contribution is -2.70. The van der Waals surface area contributed by atoms with Gasteiger partial charge in [0.2, 0.25) is 12.1 Å². The monoisotopic (exact) mass is 410 g/mol. The molecule has 0 aromatic heterocycles. The van der Waals surface area contributed by atoms with Crippen LogP contribution in [0, 0.1) is 23.7 Å². The third kappa shape index (κ3) is 3.49. The van der Waals surface area contributed by atoms with E-state index in [0.717, 1.165) is 38.5 Å². The van der Waals surface area contributed by atoms with Crippen LogP contribution in [0.1, 0.15) is 78.6 Å². The Balaban J connectivity index is 1.61. The maximum atomic E-state index is 12.9. The predicted octanol–water partition coefficient (Wildman–Crippen LogP) is 3.89. The highest BCUT2D eigenvalue weighted by molar-refractivity contribution is 5.74. The van der Waals surface area contributed by atoms with E-state index >= 15 is 0 Å². The van der Waals surface area contributed by atoms with Gasteiger partial charge in [0.1, 0.15) is 0 Å². The quantitative estimate of drug-likeness (QED) is 0.465. The molecule has 7 unspecified atom stereocenters. The Kier molecular flexibility index (Phi) is 5.93. The van der Waals surface area contributed by atoms with Crippen LogP contribution in [0.15, 0.2) is 0 Å². The Morgan fingerprint density at radius 1 is 1.17 bits per heavy atom. The summed E-state index contributed by atoms with van der Waals surface area (Å²) < 4.78 is 17.3. The third-order valence-corrected chi connectivity index (χ3v) is 7.54. The van der Waals surface area contributed by atoms with Crippen LogP contribution in [0.4, 0.5) is 0 Å². The topological polar surface area (TPSA) is 80.3 Å². The molecular formula is C22H34O7. The molecule has 1 aliphatic carbocycles. The van der Waals surface area contributed by atoms with Crippen molar-refractivity contribution in [3.8, 4) is 0 Å². The van der Waals surface area contributed by atoms with E-state index in [4.69, 9.17) is 24.0 Å². The number of rotatable bonds is 7. The van der Waals surface area contributed by atoms with E-state index in [1.807, 2.05) is 0 Å². The van der Waals surface area contributed by atoms with Gasteiger partial charge in [-0.1, -0.05) is 26.7 Å². The minimum atomic E-state index is -1.07. The minimum Gasteiger partial charge on any atom is -0.466 e. The highest BCUT2D eigenvalue weighted by Gasteiger charge is 2.71. The van der Waals surface area contributed by atoms with Crippen LogP contribution in [-0.2, 0) is 33.6 Å². The van der Waals surface area contributed by atoms with E-state index < -0.39 is 17.7 Å². The van der Waals surface area contributed by atoms with Crippen molar-refractivity contribution < 1.29 is 33.6 Å². The Hall–Kier alpha value is -1.18. The summed E-state index contributed by atoms with van der Waals surface area (Å²) in [7, 11) is 0. The number of unbranched alkanes of at least 4 members (excludes halogenated alkanes) is 1. The summed E-state index contributed by atoms with van der Waals surface area (Å²) in [4.78, 5) is 37.0. The average molecular weight is 411 g/mol. The van der Waals surface area contributed by atoms with Crippen molar-refractivity contribution in [3.63, 3.8) is 0 Å². The van der Waals surface area contributed by atoms with Crippen molar-refractivity contribution in [2.45, 2.75) is 96.2 Å². The predicted molar refractivity (Wildman–Crippen MR) is 102 cm³/mol. The van der Waals surface area contributed by atoms with Crippen molar-refractivity contribution >= 4 is 11.9 Å². The number of esters is 2. The highest BCUT2D eigenvalue weighted by atomic mass is 17.3. The van der Waals surface area contributed by atoms with Gasteiger partial charge in [-0.05, 0) is 38.5 Å². The van der Waals surface area contributed by atoms with Crippen molar-refractivity contribution in [3.05, 3.63) is 0 Å². The van der Waals surface area contributed by atoms with E-state index in [1.165, 1.54) is 0 Å². The lowest BCUT2D eigenvalue weighted by Gasteiger charge is -2.58. The van der Waals surface area contributed by atoms with Gasteiger partial charge in [0.05, 0.1) is 18.9 Å². The molecule has 5 fully saturated rings. The van der Waals surface area contributed by atoms with Gasteiger partial charge in [-0.15, -0.1) is 0 Å². The molecule has 164 valence electrons. The second-order valence-electron chi connectivity index (χ2n) is 9.18. The second kappa shape index (κ2) is 8.16. The van der Waals surface area contributed by atoms with Gasteiger partial charge in [-0.25, -0.2) is 9.78 Å². The summed E-state index contributed by atoms with van der Waals surface area (Å²) in [6, 6.07) is 0. The molecule has 7 nitrogen and oxygen atoms in total. The van der Waals surface area contributed by atoms with Gasteiger partial charge in [0.15, 0.2) is 5.60 Å². The summed E-state index contributed by atoms with van der Waals surface area (Å²) in [5.41, 5.74) is -0.742. The SMILES string of the molecule is CCCCC1C(=O)OC2OC3(CCC(=O)OCC)CCC4C(C)CCC1C24OO3. The maximum absolute atomic E-state index is 12.9. The Morgan fingerprint density at radius 2 is 2.00 bits per heavy atom. The molecule has 7 atom stereocenters. The zero-order valence-corrected chi connectivity index (χ0v) is 17.8. The minimum absolute atomic E-state index is 0.0441. The van der Waals surface area contributed by atoms with Gasteiger partial charge in [-0.3, -0.25) is 9.59 Å². The zero-order valence-electron chi connectivity index (χ0n) is 17.8. The molecule has 4 saturated heterocycles. The molecule has 0 aromatic carbocycles. The van der Waals surface area contributed by atoms with E-state index in [0.29, 0.717) is 25.4 Å². The molecule has 5 aliphatic rings. The molecule has 1 spiro atoms. The molecule has 0 radical (unpaired) electrons. The highest BCUT2D eigenvalue weighted by Crippen LogP contribution is 2.61. The van der Waals surface area contributed by atoms with Crippen molar-refractivity contribution in [2.75, 3.05) is 6.61 Å². The van der Waals surface area contributed by atoms with E-state index in [1.54, 1.807) is 6.92 Å². The third-order valence-electron chi connectivity index (χ3n) is 7.54. The number of ether oxygens (including phenoxy) is 3. The smallest absolute Gasteiger partial charge is 0.311 e. The molecule has 2 bridgehead atoms. The normalized spacial score (nSPS) is 43.3. The lowest BCUT2D eigenvalue weighted by molar-refractivity contribution is -0.564. The molecule has 1 saturated carbocycles. The van der Waals surface area contributed by atoms with Crippen molar-refractivity contribution in [1.82, 2.24) is 0 Å². The largest absolute Gasteiger partial charge is 0.466 e. The van der Waals surface area contributed by atoms with Gasteiger partial charge < -0.3 is 14.2 Å². The van der Waals surface area contributed by atoms with Crippen LogP contribution in [0.2, 0.25) is 0 Å². The molecule has 0 aromatic rings. The summed E-state index contributed by atoms with van der Waals surface area (Å²) >= 11 is 0. The maximum Gasteiger partial charge on any atom is 0.311 e. The molecule has 29 heavy (non-hydrogen) atoms. The van der Waals surface area contributed by atoms with Gasteiger partial charge in [0.25, 0.3) is 0 Å². The molecule has 0 N–H and O–H groups in total. The Labute approximate surface area is 172 Å². The number of fused-ring (bicyclic) bond motifs is 2. The first-order valence-corrected chi connectivity index (χ1v) is 11.4. The molecule has 7 heteroatoms. The standard InChI is InChI=1S/C22H34O7/c1-4-6-7-15-17-9-8-14(3)16-10-12-21(13-11-18(23)25-5-2)27-20(26-19(15)24)22(16,17)29-28-21/h14-17,20H,4-13H2,1-3H3. The van der Waals surface area contributed by atoms with Crippen LogP contribution in [0.5, 0.6) is 0 Å². The summed E-state index contributed by atoms with van der Waals surface area (Å²) in [5, 5.41) is 0. The first-order valence-electron chi connectivity index (χ1n) is 11.4. The summed E-state index contributed by atoms with van der Waals surface area (Å²) in [6.07, 6.45) is 6.03. The first-order chi connectivity index (χ1) is 14.0. The Bertz CT molecular complexity index is 637. The van der Waals surface area contributed by atoms with Gasteiger partial charge >= 0.3 is 11.9 Å². The molecular weight excluding hydrogens is 376 g/mol. The van der Waals surface area contributed by atoms with Crippen molar-refractivity contribution in [2.24, 2.45) is 23.7 Å². The average Bonchev–Trinajstić information content (AvgIpc) is 2.95. The molecule has 5 rings (SSSR count). The number of hydrogen-bond donors (Lipinski definition) is 0. The van der Waals surface area contributed by atoms with E-state index in [-0.39, 0.29) is 36.1 Å². The van der Waals surface area contributed by atoms with Crippen LogP contribution < -0.4 is 0 Å². The number of hydrogen-bond acceptors (Lipinski definition) is 7. The summed E-state index contributed by atoms with van der Waals surface area (Å²) in [6.45, 7) is 6.50. The first kappa shape index (κ1) is 21.1. The fourth-order valence-corrected chi connectivity index (χ4v) is 6.03. The van der Waals surface area contributed by atoms with Crippen LogP contribution in [0.25, 0.3) is 0 Å². The lowest BCUT2D eigenvalue weighted by atomic mass is 9.57. The molecule has 4 aliphatic heterocycles. The zero-order chi connectivity index (χ0) is 20.6. The second-order valence-corrected chi connectivity index (χ2v) is 9.18. The number of carbonyl (C=O) groups is 2. The molecule has 0 amide bonds. The van der Waals surface area contributed by atoms with E-state index in [9.17, 15) is 9.59 Å². The van der Waals surface area contributed by atoms with Gasteiger partial charge in [-0.2, -0.15) is 0 Å². The fourth-order valence-electron chi connectivity index (χ4n) is 6.03. The van der Waals surface area contributed by atoms with Crippen LogP contribution >= 0.6 is 0 Å². The Morgan fingerprint density at radius 3 is 2.76 bits per heavy atom. The fraction of sp³-hybridized carbons (Fsp3) is 0.909. The van der Waals surface area contributed by atoms with Crippen molar-refractivity contribution in [1.29, 1.82) is 0 Å².